The summed E-state index contributed by atoms with van der Waals surface area (Å²) in [4.78, 5) is 0. The minimum Gasteiger partial charge on any atom is -0.511 e. The van der Waals surface area contributed by atoms with Crippen molar-refractivity contribution in [2.75, 3.05) is 0 Å². The van der Waals surface area contributed by atoms with Gasteiger partial charge in [-0.2, -0.15) is 10.4 Å². The summed E-state index contributed by atoms with van der Waals surface area (Å²) in [5.41, 5.74) is 5.98. The van der Waals surface area contributed by atoms with E-state index in [9.17, 15) is 10.4 Å². The summed E-state index contributed by atoms with van der Waals surface area (Å²) >= 11 is 3.69. The van der Waals surface area contributed by atoms with Crippen LogP contribution >= 0.6 is 15.9 Å². The summed E-state index contributed by atoms with van der Waals surface area (Å²) in [6, 6.07) is 21.1. The smallest absolute Gasteiger partial charge is 0.132 e. The molecule has 0 amide bonds. The molecule has 1 N–H and O–H groups in total. The van der Waals surface area contributed by atoms with Crippen molar-refractivity contribution in [3.05, 3.63) is 81.8 Å². The maximum atomic E-state index is 10.6. The van der Waals surface area contributed by atoms with Crippen LogP contribution in [0.2, 0.25) is 0 Å². The van der Waals surface area contributed by atoms with E-state index in [1.807, 2.05) is 29.8 Å². The Kier molecular flexibility index (Phi) is 4.79. The molecule has 0 unspecified atom stereocenters. The van der Waals surface area contributed by atoms with Gasteiger partial charge in [0, 0.05) is 16.9 Å². The first-order valence-corrected chi connectivity index (χ1v) is 11.5. The number of allylic oxidation sites excluding steroid dienone is 2. The number of aliphatic hydroxyl groups is 1. The molecule has 0 fully saturated rings. The molecule has 0 saturated carbocycles. The molecule has 4 nitrogen and oxygen atoms in total. The summed E-state index contributed by atoms with van der Waals surface area (Å²) in [7, 11) is 0. The van der Waals surface area contributed by atoms with Crippen LogP contribution in [0, 0.1) is 23.2 Å². The highest BCUT2D eigenvalue weighted by Crippen LogP contribution is 2.54. The third-order valence-corrected chi connectivity index (χ3v) is 7.88. The van der Waals surface area contributed by atoms with Gasteiger partial charge in [-0.05, 0) is 64.4 Å². The van der Waals surface area contributed by atoms with Gasteiger partial charge in [0.2, 0.25) is 0 Å². The van der Waals surface area contributed by atoms with Crippen molar-refractivity contribution in [2.45, 2.75) is 38.5 Å². The molecule has 0 spiro atoms. The number of aromatic nitrogens is 2. The van der Waals surface area contributed by atoms with Crippen molar-refractivity contribution >= 4 is 15.9 Å². The van der Waals surface area contributed by atoms with Crippen molar-refractivity contribution in [1.82, 2.24) is 9.78 Å². The van der Waals surface area contributed by atoms with E-state index >= 15 is 0 Å². The van der Waals surface area contributed by atoms with Gasteiger partial charge in [0.05, 0.1) is 23.0 Å². The second kappa shape index (κ2) is 7.39. The third-order valence-electron chi connectivity index (χ3n) is 7.24. The number of nitrogens with zero attached hydrogens (tertiary/aromatic N) is 3. The molecule has 0 aliphatic heterocycles. The molecule has 5 heteroatoms. The second-order valence-electron chi connectivity index (χ2n) is 8.95. The normalized spacial score (nSPS) is 25.0. The van der Waals surface area contributed by atoms with E-state index < -0.39 is 0 Å². The van der Waals surface area contributed by atoms with E-state index in [4.69, 9.17) is 5.10 Å². The fraction of sp³-hybridized carbons (Fsp3) is 0.308. The fourth-order valence-electron chi connectivity index (χ4n) is 5.67. The van der Waals surface area contributed by atoms with Gasteiger partial charge in [-0.15, -0.1) is 0 Å². The Bertz CT molecular complexity index is 1220. The van der Waals surface area contributed by atoms with E-state index in [-0.39, 0.29) is 23.0 Å². The van der Waals surface area contributed by atoms with Gasteiger partial charge in [0.15, 0.2) is 0 Å². The Balaban J connectivity index is 1.63. The number of aliphatic hydroxyl groups excluding tert-OH is 1. The molecule has 5 rings (SSSR count). The molecule has 0 bridgehead atoms. The molecule has 1 aromatic heterocycles. The zero-order chi connectivity index (χ0) is 21.8. The lowest BCUT2D eigenvalue weighted by Gasteiger charge is -2.47. The third kappa shape index (κ3) is 3.04. The van der Waals surface area contributed by atoms with Gasteiger partial charge in [-0.3, -0.25) is 0 Å². The first-order valence-electron chi connectivity index (χ1n) is 10.7. The Morgan fingerprint density at radius 3 is 2.48 bits per heavy atom. The van der Waals surface area contributed by atoms with Crippen LogP contribution in [0.1, 0.15) is 37.9 Å². The number of hydrogen-bond donors (Lipinski definition) is 1. The molecule has 0 saturated heterocycles. The molecule has 1 heterocycles. The van der Waals surface area contributed by atoms with Crippen LogP contribution in [0.3, 0.4) is 0 Å². The Labute approximate surface area is 191 Å². The molecule has 0 radical (unpaired) electrons. The predicted molar refractivity (Wildman–Crippen MR) is 125 cm³/mol. The predicted octanol–water partition coefficient (Wildman–Crippen LogP) is 6.50. The highest BCUT2D eigenvalue weighted by atomic mass is 79.9. The highest BCUT2D eigenvalue weighted by Gasteiger charge is 2.51. The Hall–Kier alpha value is -2.84. The zero-order valence-electron chi connectivity index (χ0n) is 17.6. The van der Waals surface area contributed by atoms with E-state index in [0.717, 1.165) is 28.8 Å². The quantitative estimate of drug-likeness (QED) is 0.461. The van der Waals surface area contributed by atoms with Crippen molar-refractivity contribution < 1.29 is 5.11 Å². The van der Waals surface area contributed by atoms with Crippen molar-refractivity contribution in [3.63, 3.8) is 0 Å². The summed E-state index contributed by atoms with van der Waals surface area (Å²) in [6.07, 6.45) is 2.43. The van der Waals surface area contributed by atoms with E-state index in [2.05, 4.69) is 65.3 Å². The van der Waals surface area contributed by atoms with Gasteiger partial charge >= 0.3 is 0 Å². The van der Waals surface area contributed by atoms with E-state index in [1.54, 1.807) is 0 Å². The highest BCUT2D eigenvalue weighted by molar-refractivity contribution is 9.10. The van der Waals surface area contributed by atoms with E-state index in [0.29, 0.717) is 12.0 Å². The minimum atomic E-state index is -0.262. The van der Waals surface area contributed by atoms with Gasteiger partial charge in [0.25, 0.3) is 0 Å². The van der Waals surface area contributed by atoms with Crippen LogP contribution in [-0.4, -0.2) is 14.9 Å². The van der Waals surface area contributed by atoms with Crippen LogP contribution in [-0.2, 0) is 11.8 Å². The van der Waals surface area contributed by atoms with Crippen LogP contribution < -0.4 is 0 Å². The van der Waals surface area contributed by atoms with Crippen LogP contribution in [0.5, 0.6) is 0 Å². The largest absolute Gasteiger partial charge is 0.511 e. The molecule has 2 aliphatic rings. The van der Waals surface area contributed by atoms with Gasteiger partial charge in [-0.25, -0.2) is 4.68 Å². The second-order valence-corrected chi connectivity index (χ2v) is 9.70. The lowest BCUT2D eigenvalue weighted by Crippen LogP contribution is -2.45. The molecular formula is C26H24BrN3O. The van der Waals surface area contributed by atoms with Crippen LogP contribution in [0.15, 0.2) is 70.5 Å². The molecule has 3 atom stereocenters. The molecule has 31 heavy (non-hydrogen) atoms. The summed E-state index contributed by atoms with van der Waals surface area (Å²) < 4.78 is 2.92. The van der Waals surface area contributed by atoms with Crippen molar-refractivity contribution in [3.8, 4) is 22.9 Å². The summed E-state index contributed by atoms with van der Waals surface area (Å²) in [6.45, 7) is 4.28. The topological polar surface area (TPSA) is 61.8 Å². The molecule has 2 aliphatic carbocycles. The Morgan fingerprint density at radius 1 is 1.13 bits per heavy atom. The first-order chi connectivity index (χ1) is 14.9. The monoisotopic (exact) mass is 473 g/mol. The number of rotatable bonds is 2. The molecule has 2 aromatic carbocycles. The number of halogens is 1. The summed E-state index contributed by atoms with van der Waals surface area (Å²) in [5.74, 6) is 0.498. The average molecular weight is 474 g/mol. The fourth-order valence-corrected chi connectivity index (χ4v) is 6.22. The molecule has 156 valence electrons. The number of benzene rings is 2. The standard InChI is InChI=1S/C26H24BrN3O/c1-16-22-13-12-21-24(26(22,2)14-19(15-28)23(16)31)30(29-25(21)27)20-10-8-18(9-11-20)17-6-4-3-5-7-17/h3-11,16,22,31H,12-14H2,1-2H3/t16-,22-,26-/m1/s1. The molecular weight excluding hydrogens is 450 g/mol. The SMILES string of the molecule is C[C@H]1C(O)=C(C#N)C[C@@]2(C)c3c(c(Br)nn3-c3ccc(-c4ccccc4)cc3)CC[C@H]12. The number of nitriles is 1. The zero-order valence-corrected chi connectivity index (χ0v) is 19.2. The lowest BCUT2D eigenvalue weighted by molar-refractivity contribution is 0.134. The van der Waals surface area contributed by atoms with Crippen LogP contribution in [0.25, 0.3) is 16.8 Å². The maximum Gasteiger partial charge on any atom is 0.132 e. The van der Waals surface area contributed by atoms with Crippen LogP contribution in [0.4, 0.5) is 0 Å². The van der Waals surface area contributed by atoms with E-state index in [1.165, 1.54) is 16.7 Å². The van der Waals surface area contributed by atoms with Gasteiger partial charge in [0.1, 0.15) is 10.4 Å². The minimum absolute atomic E-state index is 0.0378. The lowest BCUT2D eigenvalue weighted by atomic mass is 9.57. The molecule has 3 aromatic rings. The van der Waals surface area contributed by atoms with Gasteiger partial charge < -0.3 is 5.11 Å². The van der Waals surface area contributed by atoms with Crippen molar-refractivity contribution in [2.24, 2.45) is 11.8 Å². The average Bonchev–Trinajstić information content (AvgIpc) is 3.15. The van der Waals surface area contributed by atoms with Crippen molar-refractivity contribution in [1.29, 1.82) is 5.26 Å². The number of fused-ring (bicyclic) bond motifs is 3. The maximum absolute atomic E-state index is 10.6. The van der Waals surface area contributed by atoms with Gasteiger partial charge in [-0.1, -0.05) is 56.3 Å². The Morgan fingerprint density at radius 2 is 1.81 bits per heavy atom. The summed E-state index contributed by atoms with van der Waals surface area (Å²) in [5, 5.41) is 25.1. The number of hydrogen-bond acceptors (Lipinski definition) is 3. The first kappa shape index (κ1) is 20.1.